The van der Waals surface area contributed by atoms with Crippen molar-refractivity contribution in [2.75, 3.05) is 20.8 Å². The highest BCUT2D eigenvalue weighted by Gasteiger charge is 2.07. The number of rotatable bonds is 5. The smallest absolute Gasteiger partial charge is 0.305 e. The number of hydrogen-bond donors (Lipinski definition) is 1. The third-order valence-electron chi connectivity index (χ3n) is 1.49. The van der Waals surface area contributed by atoms with Crippen molar-refractivity contribution in [2.45, 2.75) is 18.9 Å². The van der Waals surface area contributed by atoms with Crippen molar-refractivity contribution in [1.82, 2.24) is 0 Å². The summed E-state index contributed by atoms with van der Waals surface area (Å²) in [5.41, 5.74) is 5.33. The molecule has 0 aromatic heterocycles. The lowest BCUT2D eigenvalue weighted by atomic mass is 10.2. The highest BCUT2D eigenvalue weighted by Crippen LogP contribution is 2.00. The molecule has 4 heteroatoms. The number of ether oxygens (including phenoxy) is 2. The van der Waals surface area contributed by atoms with E-state index in [1.807, 2.05) is 0 Å². The Morgan fingerprint density at radius 2 is 2.18 bits per heavy atom. The molecule has 0 heterocycles. The van der Waals surface area contributed by atoms with E-state index in [2.05, 4.69) is 4.74 Å². The first-order valence-electron chi connectivity index (χ1n) is 3.54. The third kappa shape index (κ3) is 4.75. The zero-order valence-corrected chi connectivity index (χ0v) is 7.00. The van der Waals surface area contributed by atoms with Crippen molar-refractivity contribution in [3.05, 3.63) is 0 Å². The molecule has 0 aromatic carbocycles. The van der Waals surface area contributed by atoms with E-state index >= 15 is 0 Å². The van der Waals surface area contributed by atoms with Gasteiger partial charge >= 0.3 is 5.97 Å². The molecule has 2 N–H and O–H groups in total. The molecule has 0 aliphatic rings. The van der Waals surface area contributed by atoms with Gasteiger partial charge in [-0.15, -0.1) is 0 Å². The Morgan fingerprint density at radius 1 is 1.55 bits per heavy atom. The fourth-order valence-electron chi connectivity index (χ4n) is 0.713. The number of nitrogens with two attached hydrogens (primary N) is 1. The average molecular weight is 161 g/mol. The topological polar surface area (TPSA) is 61.5 Å². The van der Waals surface area contributed by atoms with Crippen LogP contribution in [0.15, 0.2) is 0 Å². The molecule has 0 aliphatic heterocycles. The van der Waals surface area contributed by atoms with Crippen LogP contribution in [-0.2, 0) is 14.3 Å². The van der Waals surface area contributed by atoms with E-state index in [-0.39, 0.29) is 12.1 Å². The van der Waals surface area contributed by atoms with Crippen LogP contribution < -0.4 is 5.73 Å². The van der Waals surface area contributed by atoms with Crippen LogP contribution >= 0.6 is 0 Å². The molecular formula is C7H15NO3. The van der Waals surface area contributed by atoms with Crippen molar-refractivity contribution in [3.8, 4) is 0 Å². The Labute approximate surface area is 66.7 Å². The Morgan fingerprint density at radius 3 is 2.55 bits per heavy atom. The minimum absolute atomic E-state index is 0.0332. The highest BCUT2D eigenvalue weighted by atomic mass is 16.5. The van der Waals surface area contributed by atoms with Gasteiger partial charge in [0, 0.05) is 20.1 Å². The van der Waals surface area contributed by atoms with Crippen molar-refractivity contribution in [2.24, 2.45) is 5.73 Å². The maximum Gasteiger partial charge on any atom is 0.305 e. The second kappa shape index (κ2) is 6.12. The number of esters is 1. The summed E-state index contributed by atoms with van der Waals surface area (Å²) in [7, 11) is 2.95. The van der Waals surface area contributed by atoms with Gasteiger partial charge in [0.25, 0.3) is 0 Å². The molecule has 0 fully saturated rings. The first-order valence-corrected chi connectivity index (χ1v) is 3.54. The van der Waals surface area contributed by atoms with Gasteiger partial charge in [0.05, 0.1) is 13.2 Å². The monoisotopic (exact) mass is 161 g/mol. The van der Waals surface area contributed by atoms with E-state index in [1.165, 1.54) is 7.11 Å². The zero-order chi connectivity index (χ0) is 8.69. The van der Waals surface area contributed by atoms with Crippen LogP contribution in [0.3, 0.4) is 0 Å². The Bertz CT molecular complexity index is 112. The van der Waals surface area contributed by atoms with Gasteiger partial charge in [-0.05, 0) is 6.42 Å². The van der Waals surface area contributed by atoms with E-state index in [0.29, 0.717) is 19.4 Å². The Kier molecular flexibility index (Phi) is 5.78. The third-order valence-corrected chi connectivity index (χ3v) is 1.49. The first-order chi connectivity index (χ1) is 5.24. The van der Waals surface area contributed by atoms with Crippen LogP contribution in [0.25, 0.3) is 0 Å². The molecule has 0 aromatic rings. The number of hydrogen-bond acceptors (Lipinski definition) is 4. The lowest BCUT2D eigenvalue weighted by molar-refractivity contribution is -0.141. The molecule has 0 bridgehead atoms. The van der Waals surface area contributed by atoms with E-state index in [9.17, 15) is 4.79 Å². The summed E-state index contributed by atoms with van der Waals surface area (Å²) < 4.78 is 9.42. The minimum Gasteiger partial charge on any atom is -0.469 e. The summed E-state index contributed by atoms with van der Waals surface area (Å²) in [6, 6.07) is 0. The van der Waals surface area contributed by atoms with E-state index in [0.717, 1.165) is 0 Å². The molecule has 0 spiro atoms. The highest BCUT2D eigenvalue weighted by molar-refractivity contribution is 5.69. The average Bonchev–Trinajstić information content (AvgIpc) is 2.06. The fourth-order valence-corrected chi connectivity index (χ4v) is 0.713. The van der Waals surface area contributed by atoms with Gasteiger partial charge in [-0.3, -0.25) is 4.79 Å². The van der Waals surface area contributed by atoms with E-state index in [1.54, 1.807) is 7.11 Å². The van der Waals surface area contributed by atoms with Gasteiger partial charge in [0.2, 0.25) is 0 Å². The fraction of sp³-hybridized carbons (Fsp3) is 0.857. The summed E-state index contributed by atoms with van der Waals surface area (Å²) in [5.74, 6) is -0.222. The molecule has 0 saturated carbocycles. The second-order valence-electron chi connectivity index (χ2n) is 2.21. The second-order valence-corrected chi connectivity index (χ2v) is 2.21. The normalized spacial score (nSPS) is 12.6. The summed E-state index contributed by atoms with van der Waals surface area (Å²) >= 11 is 0. The van der Waals surface area contributed by atoms with Gasteiger partial charge in [-0.25, -0.2) is 0 Å². The van der Waals surface area contributed by atoms with Crippen LogP contribution in [0.2, 0.25) is 0 Å². The predicted octanol–water partition coefficient (Wildman–Crippen LogP) is -0.0867. The van der Waals surface area contributed by atoms with Crippen molar-refractivity contribution in [1.29, 1.82) is 0 Å². The lowest BCUT2D eigenvalue weighted by Gasteiger charge is -2.10. The largest absolute Gasteiger partial charge is 0.469 e. The first kappa shape index (κ1) is 10.4. The Hall–Kier alpha value is -0.610. The molecule has 0 rings (SSSR count). The molecule has 1 atom stereocenters. The molecule has 0 amide bonds. The number of carbonyl (C=O) groups is 1. The predicted molar refractivity (Wildman–Crippen MR) is 41.1 cm³/mol. The van der Waals surface area contributed by atoms with Crippen LogP contribution in [0.5, 0.6) is 0 Å². The van der Waals surface area contributed by atoms with Gasteiger partial charge in [-0.1, -0.05) is 0 Å². The molecule has 0 aliphatic carbocycles. The molecule has 0 radical (unpaired) electrons. The molecule has 1 unspecified atom stereocenters. The van der Waals surface area contributed by atoms with Gasteiger partial charge in [0.1, 0.15) is 0 Å². The minimum atomic E-state index is -0.222. The van der Waals surface area contributed by atoms with Crippen LogP contribution in [-0.4, -0.2) is 32.8 Å². The SMILES string of the molecule is COC(=O)CCC(CN)OC. The van der Waals surface area contributed by atoms with Crippen molar-refractivity contribution in [3.63, 3.8) is 0 Å². The molecule has 11 heavy (non-hydrogen) atoms. The van der Waals surface area contributed by atoms with Crippen molar-refractivity contribution >= 4 is 5.97 Å². The zero-order valence-electron chi connectivity index (χ0n) is 7.00. The summed E-state index contributed by atoms with van der Waals surface area (Å²) in [6.45, 7) is 0.438. The van der Waals surface area contributed by atoms with Crippen LogP contribution in [0.1, 0.15) is 12.8 Å². The van der Waals surface area contributed by atoms with E-state index in [4.69, 9.17) is 10.5 Å². The standard InChI is InChI=1S/C7H15NO3/c1-10-6(5-8)3-4-7(9)11-2/h6H,3-5,8H2,1-2H3. The maximum atomic E-state index is 10.6. The number of methoxy groups -OCH3 is 2. The lowest BCUT2D eigenvalue weighted by Crippen LogP contribution is -2.23. The van der Waals surface area contributed by atoms with Crippen LogP contribution in [0, 0.1) is 0 Å². The quantitative estimate of drug-likeness (QED) is 0.572. The van der Waals surface area contributed by atoms with Gasteiger partial charge in [-0.2, -0.15) is 0 Å². The van der Waals surface area contributed by atoms with Crippen LogP contribution in [0.4, 0.5) is 0 Å². The molecule has 4 nitrogen and oxygen atoms in total. The summed E-state index contributed by atoms with van der Waals surface area (Å²) in [5, 5.41) is 0. The van der Waals surface area contributed by atoms with Gasteiger partial charge in [0.15, 0.2) is 0 Å². The summed E-state index contributed by atoms with van der Waals surface area (Å²) in [4.78, 5) is 10.6. The maximum absolute atomic E-state index is 10.6. The van der Waals surface area contributed by atoms with Crippen molar-refractivity contribution < 1.29 is 14.3 Å². The number of carbonyl (C=O) groups excluding carboxylic acids is 1. The molecule has 0 saturated heterocycles. The van der Waals surface area contributed by atoms with E-state index < -0.39 is 0 Å². The summed E-state index contributed by atoms with van der Waals surface area (Å²) in [6.07, 6.45) is 0.959. The molecular weight excluding hydrogens is 146 g/mol. The van der Waals surface area contributed by atoms with Gasteiger partial charge < -0.3 is 15.2 Å². The Balaban J connectivity index is 3.42. The molecule has 66 valence electrons.